The third kappa shape index (κ3) is 2.76. The molecule has 0 aliphatic heterocycles. The van der Waals surface area contributed by atoms with Crippen LogP contribution in [0.3, 0.4) is 0 Å². The zero-order chi connectivity index (χ0) is 13.1. The lowest BCUT2D eigenvalue weighted by atomic mass is 9.85. The predicted octanol–water partition coefficient (Wildman–Crippen LogP) is 3.30. The van der Waals surface area contributed by atoms with E-state index in [0.29, 0.717) is 5.56 Å². The van der Waals surface area contributed by atoms with Crippen molar-refractivity contribution in [3.05, 3.63) is 35.4 Å². The molecule has 1 unspecified atom stereocenters. The molecule has 1 aromatic rings. The number of aryl methyl sites for hydroxylation is 1. The average Bonchev–Trinajstić information content (AvgIpc) is 2.25. The zero-order valence-electron chi connectivity index (χ0n) is 8.99. The fraction of sp³-hybridized carbons (Fsp3) is 0.333. The van der Waals surface area contributed by atoms with Crippen molar-refractivity contribution in [1.82, 2.24) is 0 Å². The molecule has 0 amide bonds. The average molecular weight is 238 g/mol. The molecule has 2 nitrogen and oxygen atoms in total. The quantitative estimate of drug-likeness (QED) is 0.793. The molecule has 0 radical (unpaired) electrons. The number of nitrogens with zero attached hydrogens (tertiary/aromatic N) is 2. The van der Waals surface area contributed by atoms with E-state index in [1.165, 1.54) is 37.3 Å². The van der Waals surface area contributed by atoms with Crippen LogP contribution in [0.2, 0.25) is 0 Å². The minimum Gasteiger partial charge on any atom is -0.197 e. The number of benzene rings is 1. The summed E-state index contributed by atoms with van der Waals surface area (Å²) in [6.45, 7) is 1.53. The van der Waals surface area contributed by atoms with Gasteiger partial charge >= 0.3 is 6.18 Å². The summed E-state index contributed by atoms with van der Waals surface area (Å²) in [7, 11) is 0. The van der Waals surface area contributed by atoms with Gasteiger partial charge < -0.3 is 0 Å². The smallest absolute Gasteiger partial charge is 0.197 e. The first kappa shape index (κ1) is 13.1. The van der Waals surface area contributed by atoms with E-state index in [9.17, 15) is 13.2 Å². The lowest BCUT2D eigenvalue weighted by molar-refractivity contribution is -0.154. The first-order valence-corrected chi connectivity index (χ1v) is 4.83. The van der Waals surface area contributed by atoms with Crippen LogP contribution < -0.4 is 0 Å². The van der Waals surface area contributed by atoms with E-state index in [1.54, 1.807) is 6.07 Å². The van der Waals surface area contributed by atoms with Crippen LogP contribution in [0, 0.1) is 35.5 Å². The number of alkyl halides is 3. The lowest BCUT2D eigenvalue weighted by Crippen LogP contribution is -2.27. The predicted molar refractivity (Wildman–Crippen MR) is 54.7 cm³/mol. The molecule has 0 aromatic heterocycles. The van der Waals surface area contributed by atoms with Crippen LogP contribution >= 0.6 is 0 Å². The zero-order valence-corrected chi connectivity index (χ0v) is 8.99. The molecule has 0 N–H and O–H groups in total. The molecule has 0 heterocycles. The van der Waals surface area contributed by atoms with Crippen molar-refractivity contribution < 1.29 is 13.2 Å². The molecule has 17 heavy (non-hydrogen) atoms. The number of hydrogen-bond acceptors (Lipinski definition) is 2. The Labute approximate surface area is 96.9 Å². The molecule has 0 saturated heterocycles. The standard InChI is InChI=1S/C12H9F3N2/c1-8-4-2-3-5-10(8)11(12(13,14)15)9(6-16)7-17/h2-5,9,11H,1H3. The molecule has 0 aliphatic rings. The molecule has 1 rings (SSSR count). The number of nitriles is 2. The maximum atomic E-state index is 12.9. The van der Waals surface area contributed by atoms with Gasteiger partial charge in [0.15, 0.2) is 0 Å². The van der Waals surface area contributed by atoms with Gasteiger partial charge in [-0.2, -0.15) is 23.7 Å². The van der Waals surface area contributed by atoms with Gasteiger partial charge in [-0.1, -0.05) is 24.3 Å². The van der Waals surface area contributed by atoms with Crippen LogP contribution in [0.1, 0.15) is 17.0 Å². The summed E-state index contributed by atoms with van der Waals surface area (Å²) in [4.78, 5) is 0. The fourth-order valence-corrected chi connectivity index (χ4v) is 1.66. The summed E-state index contributed by atoms with van der Waals surface area (Å²) in [5, 5.41) is 17.3. The lowest BCUT2D eigenvalue weighted by Gasteiger charge is -2.22. The Bertz CT molecular complexity index is 466. The molecular weight excluding hydrogens is 229 g/mol. The van der Waals surface area contributed by atoms with Gasteiger partial charge in [0, 0.05) is 0 Å². The second kappa shape index (κ2) is 4.88. The molecular formula is C12H9F3N2. The van der Waals surface area contributed by atoms with E-state index in [1.807, 2.05) is 0 Å². The van der Waals surface area contributed by atoms with E-state index < -0.39 is 18.0 Å². The first-order valence-electron chi connectivity index (χ1n) is 4.83. The summed E-state index contributed by atoms with van der Waals surface area (Å²) < 4.78 is 38.7. The van der Waals surface area contributed by atoms with Crippen LogP contribution in [-0.4, -0.2) is 6.18 Å². The Morgan fingerprint density at radius 2 is 1.65 bits per heavy atom. The van der Waals surface area contributed by atoms with Crippen molar-refractivity contribution in [3.8, 4) is 12.1 Å². The molecule has 1 atom stereocenters. The van der Waals surface area contributed by atoms with Gasteiger partial charge in [-0.25, -0.2) is 0 Å². The SMILES string of the molecule is Cc1ccccc1C(C(C#N)C#N)C(F)(F)F. The monoisotopic (exact) mass is 238 g/mol. The van der Waals surface area contributed by atoms with Gasteiger partial charge in [-0.3, -0.25) is 0 Å². The van der Waals surface area contributed by atoms with Gasteiger partial charge in [0.05, 0.1) is 12.1 Å². The largest absolute Gasteiger partial charge is 0.398 e. The molecule has 0 fully saturated rings. The van der Waals surface area contributed by atoms with Crippen LogP contribution in [0.25, 0.3) is 0 Å². The van der Waals surface area contributed by atoms with Crippen LogP contribution in [0.15, 0.2) is 24.3 Å². The summed E-state index contributed by atoms with van der Waals surface area (Å²) in [5.41, 5.74) is 0.401. The summed E-state index contributed by atoms with van der Waals surface area (Å²) in [6, 6.07) is 8.71. The Morgan fingerprint density at radius 3 is 2.06 bits per heavy atom. The summed E-state index contributed by atoms with van der Waals surface area (Å²) in [5.74, 6) is -3.78. The number of rotatable bonds is 2. The Hall–Kier alpha value is -2.01. The van der Waals surface area contributed by atoms with E-state index in [4.69, 9.17) is 10.5 Å². The number of halogens is 3. The molecule has 1 aromatic carbocycles. The Kier molecular flexibility index (Phi) is 3.75. The van der Waals surface area contributed by atoms with Crippen molar-refractivity contribution in [2.45, 2.75) is 19.0 Å². The second-order valence-electron chi connectivity index (χ2n) is 3.61. The van der Waals surface area contributed by atoms with Crippen molar-refractivity contribution >= 4 is 0 Å². The molecule has 0 spiro atoms. The van der Waals surface area contributed by atoms with Crippen molar-refractivity contribution in [2.75, 3.05) is 0 Å². The first-order chi connectivity index (χ1) is 7.91. The van der Waals surface area contributed by atoms with Crippen molar-refractivity contribution in [3.63, 3.8) is 0 Å². The highest BCUT2D eigenvalue weighted by Crippen LogP contribution is 2.41. The van der Waals surface area contributed by atoms with Gasteiger partial charge in [-0.15, -0.1) is 0 Å². The maximum absolute atomic E-state index is 12.9. The van der Waals surface area contributed by atoms with Gasteiger partial charge in [-0.05, 0) is 18.1 Å². The third-order valence-corrected chi connectivity index (χ3v) is 2.49. The minimum absolute atomic E-state index is 0.0203. The van der Waals surface area contributed by atoms with Gasteiger partial charge in [0.25, 0.3) is 0 Å². The van der Waals surface area contributed by atoms with Crippen molar-refractivity contribution in [2.24, 2.45) is 5.92 Å². The van der Waals surface area contributed by atoms with E-state index >= 15 is 0 Å². The molecule has 5 heteroatoms. The Morgan fingerprint density at radius 1 is 1.12 bits per heavy atom. The highest BCUT2D eigenvalue weighted by Gasteiger charge is 2.46. The molecule has 0 aliphatic carbocycles. The summed E-state index contributed by atoms with van der Waals surface area (Å²) in [6.07, 6.45) is -4.61. The van der Waals surface area contributed by atoms with Gasteiger partial charge in [0.2, 0.25) is 0 Å². The Balaban J connectivity index is 3.33. The molecule has 88 valence electrons. The van der Waals surface area contributed by atoms with Crippen LogP contribution in [0.4, 0.5) is 13.2 Å². The normalized spacial score (nSPS) is 12.9. The van der Waals surface area contributed by atoms with Crippen LogP contribution in [-0.2, 0) is 0 Å². The third-order valence-electron chi connectivity index (χ3n) is 2.49. The van der Waals surface area contributed by atoms with E-state index in [-0.39, 0.29) is 5.56 Å². The minimum atomic E-state index is -4.61. The van der Waals surface area contributed by atoms with E-state index in [0.717, 1.165) is 0 Å². The molecule has 0 saturated carbocycles. The number of hydrogen-bond donors (Lipinski definition) is 0. The topological polar surface area (TPSA) is 47.6 Å². The highest BCUT2D eigenvalue weighted by molar-refractivity contribution is 5.33. The molecule has 0 bridgehead atoms. The summed E-state index contributed by atoms with van der Waals surface area (Å²) >= 11 is 0. The highest BCUT2D eigenvalue weighted by atomic mass is 19.4. The second-order valence-corrected chi connectivity index (χ2v) is 3.61. The maximum Gasteiger partial charge on any atom is 0.398 e. The van der Waals surface area contributed by atoms with Gasteiger partial charge in [0.1, 0.15) is 11.8 Å². The van der Waals surface area contributed by atoms with Crippen LogP contribution in [0.5, 0.6) is 0 Å². The van der Waals surface area contributed by atoms with Crippen molar-refractivity contribution in [1.29, 1.82) is 10.5 Å². The fourth-order valence-electron chi connectivity index (χ4n) is 1.66. The van der Waals surface area contributed by atoms with E-state index in [2.05, 4.69) is 0 Å².